The number of nitrogens with zero attached hydrogens (tertiary/aromatic N) is 2. The third-order valence-corrected chi connectivity index (χ3v) is 5.68. The second-order valence-corrected chi connectivity index (χ2v) is 7.94. The first-order valence-electron chi connectivity index (χ1n) is 11.2. The molecule has 0 unspecified atom stereocenters. The Balaban J connectivity index is 1.92. The normalized spacial score (nSPS) is 11.4. The van der Waals surface area contributed by atoms with Gasteiger partial charge in [0.15, 0.2) is 5.58 Å². The maximum absolute atomic E-state index is 13.6. The Bertz CT molecular complexity index is 1510. The molecule has 10 nitrogen and oxygen atoms in total. The van der Waals surface area contributed by atoms with E-state index in [0.717, 1.165) is 0 Å². The molecule has 2 aromatic carbocycles. The average molecular weight is 506 g/mol. The molecule has 0 fully saturated rings. The Morgan fingerprint density at radius 1 is 0.973 bits per heavy atom. The summed E-state index contributed by atoms with van der Waals surface area (Å²) in [6, 6.07) is 11.7. The van der Waals surface area contributed by atoms with Crippen molar-refractivity contribution in [3.63, 3.8) is 0 Å². The molecule has 4 rings (SSSR count). The molecule has 2 aromatic heterocycles. The zero-order valence-electron chi connectivity index (χ0n) is 21.1. The summed E-state index contributed by atoms with van der Waals surface area (Å²) in [5.74, 6) is 1.54. The summed E-state index contributed by atoms with van der Waals surface area (Å²) in [5.41, 5.74) is 2.52. The maximum Gasteiger partial charge on any atom is 0.261 e. The summed E-state index contributed by atoms with van der Waals surface area (Å²) >= 11 is 0. The minimum absolute atomic E-state index is 0.0308. The summed E-state index contributed by atoms with van der Waals surface area (Å²) in [7, 11) is 6.11. The molecule has 4 aromatic rings. The molecule has 0 aliphatic carbocycles. The summed E-state index contributed by atoms with van der Waals surface area (Å²) in [6.45, 7) is 1.49. The molecule has 192 valence electrons. The number of carbonyl (C=O) groups excluding carboxylic acids is 1. The molecule has 0 aliphatic rings. The number of hydrogen-bond donors (Lipinski definition) is 2. The van der Waals surface area contributed by atoms with Crippen molar-refractivity contribution in [3.05, 3.63) is 71.0 Å². The van der Waals surface area contributed by atoms with E-state index in [1.54, 1.807) is 62.7 Å². The van der Waals surface area contributed by atoms with E-state index in [0.29, 0.717) is 56.6 Å². The van der Waals surface area contributed by atoms with Crippen molar-refractivity contribution in [1.29, 1.82) is 0 Å². The number of amides is 1. The first-order chi connectivity index (χ1) is 17.9. The number of aryl methyl sites for hydroxylation is 1. The molecule has 0 bridgehead atoms. The molecule has 10 heteroatoms. The van der Waals surface area contributed by atoms with Gasteiger partial charge in [-0.3, -0.25) is 9.78 Å². The fourth-order valence-electron chi connectivity index (χ4n) is 3.72. The fourth-order valence-corrected chi connectivity index (χ4v) is 3.72. The summed E-state index contributed by atoms with van der Waals surface area (Å²) in [6.07, 6.45) is 1.55. The molecule has 0 radical (unpaired) electrons. The van der Waals surface area contributed by atoms with Gasteiger partial charge in [-0.15, -0.1) is 0 Å². The molecule has 1 amide bonds. The summed E-state index contributed by atoms with van der Waals surface area (Å²) in [4.78, 5) is 22.5. The summed E-state index contributed by atoms with van der Waals surface area (Å²) in [5, 5.41) is 13.3. The van der Waals surface area contributed by atoms with Crippen LogP contribution < -0.4 is 29.8 Å². The lowest BCUT2D eigenvalue weighted by Crippen LogP contribution is -2.22. The zero-order valence-corrected chi connectivity index (χ0v) is 21.1. The zero-order chi connectivity index (χ0) is 26.5. The number of rotatable bonds is 8. The number of fused-ring (bicyclic) bond motifs is 1. The van der Waals surface area contributed by atoms with Crippen LogP contribution >= 0.6 is 0 Å². The highest BCUT2D eigenvalue weighted by Crippen LogP contribution is 2.32. The first kappa shape index (κ1) is 25.5. The number of methoxy groups -OCH3 is 4. The minimum Gasteiger partial charge on any atom is -0.497 e. The Morgan fingerprint density at radius 2 is 1.68 bits per heavy atom. The number of ether oxygens (including phenoxy) is 4. The topological polar surface area (TPSA) is 125 Å². The van der Waals surface area contributed by atoms with Crippen molar-refractivity contribution in [2.75, 3.05) is 33.8 Å². The SMILES string of the molecule is COc1cc(NC(=O)c2cc3c(CO)cnc(C)c3oc2=Nc2ccc(OC)cc2OC)cc(OC)c1. The van der Waals surface area contributed by atoms with Gasteiger partial charge in [-0.05, 0) is 25.1 Å². The number of hydrogen-bond acceptors (Lipinski definition) is 9. The van der Waals surface area contributed by atoms with Crippen LogP contribution in [-0.4, -0.2) is 44.4 Å². The van der Waals surface area contributed by atoms with Gasteiger partial charge in [-0.25, -0.2) is 4.99 Å². The van der Waals surface area contributed by atoms with Gasteiger partial charge in [0.25, 0.3) is 5.91 Å². The Hall–Kier alpha value is -4.57. The highest BCUT2D eigenvalue weighted by atomic mass is 16.5. The highest BCUT2D eigenvalue weighted by molar-refractivity contribution is 6.06. The van der Waals surface area contributed by atoms with Crippen LogP contribution in [-0.2, 0) is 6.61 Å². The third-order valence-electron chi connectivity index (χ3n) is 5.68. The van der Waals surface area contributed by atoms with Crippen molar-refractivity contribution in [2.24, 2.45) is 4.99 Å². The van der Waals surface area contributed by atoms with E-state index in [1.165, 1.54) is 21.3 Å². The van der Waals surface area contributed by atoms with Crippen LogP contribution in [0.4, 0.5) is 11.4 Å². The Morgan fingerprint density at radius 3 is 2.30 bits per heavy atom. The van der Waals surface area contributed by atoms with Gasteiger partial charge < -0.3 is 33.8 Å². The number of aromatic nitrogens is 1. The maximum atomic E-state index is 13.6. The molecule has 0 saturated carbocycles. The number of benzene rings is 2. The summed E-state index contributed by atoms with van der Waals surface area (Å²) < 4.78 is 27.5. The number of anilines is 1. The van der Waals surface area contributed by atoms with Crippen molar-refractivity contribution in [3.8, 4) is 23.0 Å². The van der Waals surface area contributed by atoms with Gasteiger partial charge in [0.1, 0.15) is 34.2 Å². The Kier molecular flexibility index (Phi) is 7.59. The third kappa shape index (κ3) is 5.34. The predicted molar refractivity (Wildman–Crippen MR) is 137 cm³/mol. The fraction of sp³-hybridized carbons (Fsp3) is 0.222. The lowest BCUT2D eigenvalue weighted by Gasteiger charge is -2.12. The molecule has 0 saturated heterocycles. The van der Waals surface area contributed by atoms with E-state index in [-0.39, 0.29) is 17.7 Å². The highest BCUT2D eigenvalue weighted by Gasteiger charge is 2.18. The van der Waals surface area contributed by atoms with Crippen LogP contribution in [0.2, 0.25) is 0 Å². The van der Waals surface area contributed by atoms with E-state index in [4.69, 9.17) is 23.4 Å². The molecule has 0 aliphatic heterocycles. The van der Waals surface area contributed by atoms with Crippen LogP contribution in [0.3, 0.4) is 0 Å². The second kappa shape index (κ2) is 11.0. The number of carbonyl (C=O) groups is 1. The van der Waals surface area contributed by atoms with E-state index in [1.807, 2.05) is 0 Å². The van der Waals surface area contributed by atoms with Crippen molar-refractivity contribution in [1.82, 2.24) is 4.98 Å². The number of nitrogens with one attached hydrogen (secondary N) is 1. The molecular formula is C27H27N3O7. The predicted octanol–water partition coefficient (Wildman–Crippen LogP) is 4.15. The van der Waals surface area contributed by atoms with Gasteiger partial charge >= 0.3 is 0 Å². The minimum atomic E-state index is -0.495. The molecule has 37 heavy (non-hydrogen) atoms. The van der Waals surface area contributed by atoms with E-state index in [9.17, 15) is 9.90 Å². The lowest BCUT2D eigenvalue weighted by molar-refractivity contribution is 0.102. The molecule has 0 spiro atoms. The van der Waals surface area contributed by atoms with E-state index >= 15 is 0 Å². The van der Waals surface area contributed by atoms with Crippen LogP contribution in [0.15, 0.2) is 58.1 Å². The molecule has 2 N–H and O–H groups in total. The van der Waals surface area contributed by atoms with E-state index < -0.39 is 5.91 Å². The van der Waals surface area contributed by atoms with Crippen LogP contribution in [0.25, 0.3) is 11.0 Å². The molecule has 0 atom stereocenters. The molecule has 2 heterocycles. The van der Waals surface area contributed by atoms with Gasteiger partial charge in [0.05, 0.1) is 40.7 Å². The van der Waals surface area contributed by atoms with Crippen LogP contribution in [0.5, 0.6) is 23.0 Å². The van der Waals surface area contributed by atoms with Gasteiger partial charge in [0, 0.05) is 47.1 Å². The smallest absolute Gasteiger partial charge is 0.261 e. The van der Waals surface area contributed by atoms with E-state index in [2.05, 4.69) is 15.3 Å². The number of aliphatic hydroxyl groups excluding tert-OH is 1. The molecular weight excluding hydrogens is 478 g/mol. The van der Waals surface area contributed by atoms with Crippen molar-refractivity contribution >= 4 is 28.3 Å². The average Bonchev–Trinajstić information content (AvgIpc) is 2.93. The number of aliphatic hydroxyl groups is 1. The quantitative estimate of drug-likeness (QED) is 0.366. The number of pyridine rings is 1. The van der Waals surface area contributed by atoms with Gasteiger partial charge in [0.2, 0.25) is 5.55 Å². The van der Waals surface area contributed by atoms with Crippen molar-refractivity contribution < 1.29 is 33.3 Å². The first-order valence-corrected chi connectivity index (χ1v) is 11.2. The Labute approximate surface area is 213 Å². The monoisotopic (exact) mass is 505 g/mol. The standard InChI is InChI=1S/C27H27N3O7/c1-15-25-21(16(14-31)13-28-15)12-22(26(32)29-17-8-19(34-3)10-20(9-17)35-4)27(37-25)30-23-7-6-18(33-2)11-24(23)36-5/h6-13,31H,14H2,1-5H3,(H,29,32). The lowest BCUT2D eigenvalue weighted by atomic mass is 10.1. The van der Waals surface area contributed by atoms with Gasteiger partial charge in [-0.1, -0.05) is 0 Å². The second-order valence-electron chi connectivity index (χ2n) is 7.94. The van der Waals surface area contributed by atoms with Crippen molar-refractivity contribution in [2.45, 2.75) is 13.5 Å². The van der Waals surface area contributed by atoms with Crippen LogP contribution in [0, 0.1) is 6.92 Å². The van der Waals surface area contributed by atoms with Gasteiger partial charge in [-0.2, -0.15) is 0 Å². The van der Waals surface area contributed by atoms with Crippen LogP contribution in [0.1, 0.15) is 21.6 Å². The largest absolute Gasteiger partial charge is 0.497 e.